The van der Waals surface area contributed by atoms with E-state index in [-0.39, 0.29) is 12.1 Å². The predicted molar refractivity (Wildman–Crippen MR) is 90.9 cm³/mol. The number of carbonyl (C=O) groups is 3. The first-order valence-electron chi connectivity index (χ1n) is 7.47. The Balaban J connectivity index is 1.88. The van der Waals surface area contributed by atoms with E-state index in [1.165, 1.54) is 24.5 Å². The molecule has 1 aromatic heterocycles. The van der Waals surface area contributed by atoms with Crippen molar-refractivity contribution in [1.29, 1.82) is 0 Å². The molecule has 124 valence electrons. The van der Waals surface area contributed by atoms with Gasteiger partial charge in [0, 0.05) is 30.1 Å². The zero-order valence-electron chi connectivity index (χ0n) is 13.2. The Morgan fingerprint density at radius 3 is 2.40 bits per heavy atom. The van der Waals surface area contributed by atoms with E-state index in [9.17, 15) is 14.4 Å². The first-order chi connectivity index (χ1) is 12.1. The van der Waals surface area contributed by atoms with Crippen LogP contribution in [0.15, 0.2) is 61.0 Å². The monoisotopic (exact) mass is 334 g/mol. The average molecular weight is 334 g/mol. The van der Waals surface area contributed by atoms with E-state index in [1.807, 2.05) is 30.3 Å². The highest BCUT2D eigenvalue weighted by Gasteiger charge is 2.34. The van der Waals surface area contributed by atoms with Gasteiger partial charge in [-0.25, -0.2) is 14.8 Å². The minimum Gasteiger partial charge on any atom is -0.273 e. The van der Waals surface area contributed by atoms with Gasteiger partial charge < -0.3 is 0 Å². The number of imide groups is 2. The quantitative estimate of drug-likeness (QED) is 0.523. The number of barbiturate groups is 1. The van der Waals surface area contributed by atoms with E-state index in [2.05, 4.69) is 21.9 Å². The predicted octanol–water partition coefficient (Wildman–Crippen LogP) is 1.79. The molecule has 1 aromatic carbocycles. The maximum absolute atomic E-state index is 12.3. The first kappa shape index (κ1) is 16.3. The van der Waals surface area contributed by atoms with Gasteiger partial charge in [0.15, 0.2) is 5.82 Å². The first-order valence-corrected chi connectivity index (χ1v) is 7.47. The van der Waals surface area contributed by atoms with Crippen molar-refractivity contribution in [3.05, 3.63) is 66.5 Å². The van der Waals surface area contributed by atoms with Crippen LogP contribution < -0.4 is 5.32 Å². The molecule has 3 rings (SSSR count). The van der Waals surface area contributed by atoms with Crippen LogP contribution in [0, 0.1) is 0 Å². The number of hydrogen-bond acceptors (Lipinski definition) is 5. The van der Waals surface area contributed by atoms with Crippen LogP contribution in [0.3, 0.4) is 0 Å². The van der Waals surface area contributed by atoms with Crippen LogP contribution in [0.2, 0.25) is 0 Å². The third-order valence-corrected chi connectivity index (χ3v) is 3.51. The molecule has 2 aromatic rings. The summed E-state index contributed by atoms with van der Waals surface area (Å²) >= 11 is 0. The normalized spacial score (nSPS) is 16.1. The number of carbonyl (C=O) groups excluding carboxylic acids is 3. The second-order valence-corrected chi connectivity index (χ2v) is 5.23. The maximum Gasteiger partial charge on any atom is 0.331 e. The summed E-state index contributed by atoms with van der Waals surface area (Å²) in [5.74, 6) is -0.895. The molecule has 0 radical (unpaired) electrons. The average Bonchev–Trinajstić information content (AvgIpc) is 2.63. The lowest BCUT2D eigenvalue weighted by atomic mass is 10.1. The van der Waals surface area contributed by atoms with Crippen LogP contribution in [0.5, 0.6) is 0 Å². The van der Waals surface area contributed by atoms with Crippen LogP contribution in [-0.2, 0) is 9.59 Å². The van der Waals surface area contributed by atoms with Crippen molar-refractivity contribution < 1.29 is 14.4 Å². The van der Waals surface area contributed by atoms with Crippen molar-refractivity contribution in [1.82, 2.24) is 20.2 Å². The number of rotatable bonds is 4. The summed E-state index contributed by atoms with van der Waals surface area (Å²) in [4.78, 5) is 45.3. The second-order valence-electron chi connectivity index (χ2n) is 5.23. The van der Waals surface area contributed by atoms with Crippen molar-refractivity contribution in [2.24, 2.45) is 0 Å². The molecule has 1 N–H and O–H groups in total. The largest absolute Gasteiger partial charge is 0.331 e. The lowest BCUT2D eigenvalue weighted by Gasteiger charge is -2.25. The molecular weight excluding hydrogens is 320 g/mol. The Morgan fingerprint density at radius 2 is 1.76 bits per heavy atom. The molecule has 7 heteroatoms. The number of aromatic nitrogens is 2. The SMILES string of the molecule is C=CCN1C(=O)NC(=O)C(=Cc2cnc(-c3ccccc3)nc2)C1=O. The molecule has 0 aliphatic carbocycles. The van der Waals surface area contributed by atoms with Gasteiger partial charge in [0.25, 0.3) is 11.8 Å². The molecule has 1 aliphatic rings. The Hall–Kier alpha value is -3.61. The molecule has 4 amide bonds. The number of benzene rings is 1. The van der Waals surface area contributed by atoms with Crippen LogP contribution in [0.4, 0.5) is 4.79 Å². The zero-order chi connectivity index (χ0) is 17.8. The Kier molecular flexibility index (Phi) is 4.47. The van der Waals surface area contributed by atoms with Crippen molar-refractivity contribution in [2.75, 3.05) is 6.54 Å². The van der Waals surface area contributed by atoms with Gasteiger partial charge in [-0.05, 0) is 6.08 Å². The van der Waals surface area contributed by atoms with Crippen LogP contribution in [-0.4, -0.2) is 39.3 Å². The summed E-state index contributed by atoms with van der Waals surface area (Å²) in [7, 11) is 0. The van der Waals surface area contributed by atoms with E-state index >= 15 is 0 Å². The lowest BCUT2D eigenvalue weighted by Crippen LogP contribution is -2.54. The minimum atomic E-state index is -0.761. The third-order valence-electron chi connectivity index (χ3n) is 3.51. The molecule has 0 unspecified atom stereocenters. The highest BCUT2D eigenvalue weighted by molar-refractivity contribution is 6.31. The number of nitrogens with one attached hydrogen (secondary N) is 1. The number of hydrogen-bond donors (Lipinski definition) is 1. The molecule has 1 aliphatic heterocycles. The molecule has 7 nitrogen and oxygen atoms in total. The molecule has 1 fully saturated rings. The van der Waals surface area contributed by atoms with Crippen molar-refractivity contribution in [2.45, 2.75) is 0 Å². The van der Waals surface area contributed by atoms with E-state index in [1.54, 1.807) is 0 Å². The minimum absolute atomic E-state index is 0.0126. The molecule has 1 saturated heterocycles. The molecule has 0 spiro atoms. The fourth-order valence-corrected chi connectivity index (χ4v) is 2.30. The molecular formula is C18H14N4O3. The van der Waals surface area contributed by atoms with Crippen LogP contribution in [0.1, 0.15) is 5.56 Å². The number of amides is 4. The van der Waals surface area contributed by atoms with Gasteiger partial charge in [-0.2, -0.15) is 0 Å². The van der Waals surface area contributed by atoms with Gasteiger partial charge in [-0.15, -0.1) is 6.58 Å². The Labute approximate surface area is 143 Å². The summed E-state index contributed by atoms with van der Waals surface area (Å²) < 4.78 is 0. The fourth-order valence-electron chi connectivity index (χ4n) is 2.30. The van der Waals surface area contributed by atoms with Crippen LogP contribution in [0.25, 0.3) is 17.5 Å². The Bertz CT molecular complexity index is 873. The third kappa shape index (κ3) is 3.35. The van der Waals surface area contributed by atoms with Gasteiger partial charge in [-0.3, -0.25) is 19.8 Å². The summed E-state index contributed by atoms with van der Waals surface area (Å²) in [5, 5.41) is 2.12. The van der Waals surface area contributed by atoms with Gasteiger partial charge in [0.1, 0.15) is 5.57 Å². The highest BCUT2D eigenvalue weighted by Crippen LogP contribution is 2.16. The van der Waals surface area contributed by atoms with Crippen LogP contribution >= 0.6 is 0 Å². The molecule has 2 heterocycles. The Morgan fingerprint density at radius 1 is 1.08 bits per heavy atom. The summed E-state index contributed by atoms with van der Waals surface area (Å²) in [6, 6.07) is 8.65. The molecule has 0 atom stereocenters. The fraction of sp³-hybridized carbons (Fsp3) is 0.0556. The maximum atomic E-state index is 12.3. The van der Waals surface area contributed by atoms with Gasteiger partial charge in [0.05, 0.1) is 0 Å². The van der Waals surface area contributed by atoms with E-state index in [0.29, 0.717) is 11.4 Å². The van der Waals surface area contributed by atoms with Crippen molar-refractivity contribution in [3.8, 4) is 11.4 Å². The number of urea groups is 1. The molecule has 0 bridgehead atoms. The zero-order valence-corrected chi connectivity index (χ0v) is 13.2. The van der Waals surface area contributed by atoms with Gasteiger partial charge in [0.2, 0.25) is 0 Å². The number of nitrogens with zero attached hydrogens (tertiary/aromatic N) is 3. The highest BCUT2D eigenvalue weighted by atomic mass is 16.2. The second kappa shape index (κ2) is 6.88. The summed E-state index contributed by atoms with van der Waals surface area (Å²) in [6.45, 7) is 3.50. The molecule has 25 heavy (non-hydrogen) atoms. The smallest absolute Gasteiger partial charge is 0.273 e. The van der Waals surface area contributed by atoms with Gasteiger partial charge in [-0.1, -0.05) is 36.4 Å². The van der Waals surface area contributed by atoms with E-state index < -0.39 is 17.8 Å². The topological polar surface area (TPSA) is 92.3 Å². The van der Waals surface area contributed by atoms with E-state index in [4.69, 9.17) is 0 Å². The molecule has 0 saturated carbocycles. The lowest BCUT2D eigenvalue weighted by molar-refractivity contribution is -0.129. The van der Waals surface area contributed by atoms with Crippen molar-refractivity contribution >= 4 is 23.9 Å². The summed E-state index contributed by atoms with van der Waals surface area (Å²) in [5.41, 5.74) is 1.18. The summed E-state index contributed by atoms with van der Waals surface area (Å²) in [6.07, 6.45) is 5.78. The van der Waals surface area contributed by atoms with E-state index in [0.717, 1.165) is 10.5 Å². The van der Waals surface area contributed by atoms with Crippen molar-refractivity contribution in [3.63, 3.8) is 0 Å². The standard InChI is InChI=1S/C18H14N4O3/c1-2-8-22-17(24)14(16(23)21-18(22)25)9-12-10-19-15(20-11-12)13-6-4-3-5-7-13/h2-7,9-11H,1,8H2,(H,21,23,25). The van der Waals surface area contributed by atoms with Gasteiger partial charge >= 0.3 is 6.03 Å².